The van der Waals surface area contributed by atoms with Gasteiger partial charge < -0.3 is 5.32 Å². The standard InChI is InChI=1S/C16H19N3O/c1-19-9-8-15(18-19)17-16(20)11-12-6-7-13-4-2-3-5-14(13)10-12/h6-10H,2-5,11H2,1H3,(H,17,18,20). The van der Waals surface area contributed by atoms with Gasteiger partial charge in [-0.15, -0.1) is 0 Å². The van der Waals surface area contributed by atoms with Crippen LogP contribution in [0.1, 0.15) is 29.5 Å². The molecule has 1 aliphatic rings. The summed E-state index contributed by atoms with van der Waals surface area (Å²) in [6, 6.07) is 8.23. The zero-order chi connectivity index (χ0) is 13.9. The van der Waals surface area contributed by atoms with E-state index < -0.39 is 0 Å². The van der Waals surface area contributed by atoms with Gasteiger partial charge in [-0.05, 0) is 42.4 Å². The lowest BCUT2D eigenvalue weighted by atomic mass is 9.90. The summed E-state index contributed by atoms with van der Waals surface area (Å²) < 4.78 is 1.68. The number of aryl methyl sites for hydroxylation is 3. The van der Waals surface area contributed by atoms with Crippen LogP contribution in [0.5, 0.6) is 0 Å². The molecule has 20 heavy (non-hydrogen) atoms. The van der Waals surface area contributed by atoms with Crippen molar-refractivity contribution in [2.45, 2.75) is 32.1 Å². The third kappa shape index (κ3) is 2.90. The van der Waals surface area contributed by atoms with Crippen molar-refractivity contribution in [1.82, 2.24) is 9.78 Å². The smallest absolute Gasteiger partial charge is 0.229 e. The maximum absolute atomic E-state index is 12.0. The van der Waals surface area contributed by atoms with Crippen molar-refractivity contribution in [2.24, 2.45) is 7.05 Å². The molecule has 0 unspecified atom stereocenters. The van der Waals surface area contributed by atoms with Crippen LogP contribution < -0.4 is 5.32 Å². The van der Waals surface area contributed by atoms with Crippen LogP contribution in [0.25, 0.3) is 0 Å². The molecule has 1 N–H and O–H groups in total. The molecule has 0 radical (unpaired) electrons. The van der Waals surface area contributed by atoms with Crippen LogP contribution >= 0.6 is 0 Å². The molecule has 0 atom stereocenters. The van der Waals surface area contributed by atoms with Crippen molar-refractivity contribution in [2.75, 3.05) is 5.32 Å². The van der Waals surface area contributed by atoms with Crippen LogP contribution in [0.2, 0.25) is 0 Å². The van der Waals surface area contributed by atoms with Gasteiger partial charge in [0.2, 0.25) is 5.91 Å². The number of rotatable bonds is 3. The van der Waals surface area contributed by atoms with Gasteiger partial charge in [-0.3, -0.25) is 9.48 Å². The minimum absolute atomic E-state index is 0.0144. The largest absolute Gasteiger partial charge is 0.309 e. The Bertz CT molecular complexity index is 630. The van der Waals surface area contributed by atoms with E-state index in [1.54, 1.807) is 10.7 Å². The average Bonchev–Trinajstić information content (AvgIpc) is 2.83. The number of nitrogens with one attached hydrogen (secondary N) is 1. The number of nitrogens with zero attached hydrogens (tertiary/aromatic N) is 2. The first kappa shape index (κ1) is 12.9. The van der Waals surface area contributed by atoms with Gasteiger partial charge in [0.05, 0.1) is 6.42 Å². The van der Waals surface area contributed by atoms with Crippen LogP contribution in [-0.2, 0) is 31.1 Å². The van der Waals surface area contributed by atoms with Gasteiger partial charge in [0.15, 0.2) is 5.82 Å². The third-order valence-corrected chi connectivity index (χ3v) is 3.76. The summed E-state index contributed by atoms with van der Waals surface area (Å²) >= 11 is 0. The molecule has 1 amide bonds. The molecule has 4 heteroatoms. The van der Waals surface area contributed by atoms with E-state index in [-0.39, 0.29) is 5.91 Å². The Kier molecular flexibility index (Phi) is 3.54. The Morgan fingerprint density at radius 3 is 2.80 bits per heavy atom. The summed E-state index contributed by atoms with van der Waals surface area (Å²) in [5.74, 6) is 0.593. The molecule has 0 bridgehead atoms. The highest BCUT2D eigenvalue weighted by atomic mass is 16.1. The predicted molar refractivity (Wildman–Crippen MR) is 78.6 cm³/mol. The van der Waals surface area contributed by atoms with Gasteiger partial charge in [0.1, 0.15) is 0 Å². The van der Waals surface area contributed by atoms with Gasteiger partial charge in [-0.2, -0.15) is 5.10 Å². The number of fused-ring (bicyclic) bond motifs is 1. The second kappa shape index (κ2) is 5.49. The molecule has 2 aromatic rings. The van der Waals surface area contributed by atoms with E-state index in [4.69, 9.17) is 0 Å². The zero-order valence-corrected chi connectivity index (χ0v) is 11.7. The predicted octanol–water partition coefficient (Wildman–Crippen LogP) is 2.48. The van der Waals surface area contributed by atoms with Gasteiger partial charge in [-0.25, -0.2) is 0 Å². The molecule has 1 aromatic carbocycles. The molecule has 1 aliphatic carbocycles. The number of hydrogen-bond donors (Lipinski definition) is 1. The van der Waals surface area contributed by atoms with E-state index in [0.717, 1.165) is 12.0 Å². The fourth-order valence-electron chi connectivity index (χ4n) is 2.75. The van der Waals surface area contributed by atoms with E-state index in [2.05, 4.69) is 28.6 Å². The number of hydrogen-bond acceptors (Lipinski definition) is 2. The maximum atomic E-state index is 12.0. The van der Waals surface area contributed by atoms with E-state index in [1.807, 2.05) is 13.2 Å². The summed E-state index contributed by atoms with van der Waals surface area (Å²) in [5.41, 5.74) is 3.95. The Balaban J connectivity index is 1.66. The monoisotopic (exact) mass is 269 g/mol. The fourth-order valence-corrected chi connectivity index (χ4v) is 2.75. The van der Waals surface area contributed by atoms with Crippen molar-refractivity contribution in [1.29, 1.82) is 0 Å². The van der Waals surface area contributed by atoms with Crippen LogP contribution in [0.4, 0.5) is 5.82 Å². The summed E-state index contributed by atoms with van der Waals surface area (Å²) in [6.45, 7) is 0. The van der Waals surface area contributed by atoms with E-state index in [1.165, 1.54) is 30.4 Å². The fraction of sp³-hybridized carbons (Fsp3) is 0.375. The first-order chi connectivity index (χ1) is 9.70. The molecule has 4 nitrogen and oxygen atoms in total. The first-order valence-corrected chi connectivity index (χ1v) is 7.11. The summed E-state index contributed by atoms with van der Waals surface area (Å²) in [6.07, 6.45) is 7.09. The number of anilines is 1. The minimum atomic E-state index is -0.0144. The molecule has 0 fully saturated rings. The summed E-state index contributed by atoms with van der Waals surface area (Å²) in [7, 11) is 1.83. The van der Waals surface area contributed by atoms with Crippen LogP contribution in [0.15, 0.2) is 30.5 Å². The Hall–Kier alpha value is -2.10. The van der Waals surface area contributed by atoms with Crippen molar-refractivity contribution >= 4 is 11.7 Å². The Morgan fingerprint density at radius 2 is 2.05 bits per heavy atom. The Morgan fingerprint density at radius 1 is 1.25 bits per heavy atom. The highest BCUT2D eigenvalue weighted by molar-refractivity contribution is 5.91. The van der Waals surface area contributed by atoms with E-state index in [0.29, 0.717) is 12.2 Å². The lowest BCUT2D eigenvalue weighted by molar-refractivity contribution is -0.115. The van der Waals surface area contributed by atoms with Crippen molar-refractivity contribution in [3.05, 3.63) is 47.2 Å². The quantitative estimate of drug-likeness (QED) is 0.930. The molecule has 1 heterocycles. The van der Waals surface area contributed by atoms with E-state index in [9.17, 15) is 4.79 Å². The molecule has 1 aromatic heterocycles. The first-order valence-electron chi connectivity index (χ1n) is 7.11. The van der Waals surface area contributed by atoms with Gasteiger partial charge in [-0.1, -0.05) is 18.2 Å². The minimum Gasteiger partial charge on any atom is -0.309 e. The molecule has 0 saturated heterocycles. The van der Waals surface area contributed by atoms with Gasteiger partial charge in [0.25, 0.3) is 0 Å². The van der Waals surface area contributed by atoms with Gasteiger partial charge >= 0.3 is 0 Å². The van der Waals surface area contributed by atoms with Crippen molar-refractivity contribution in [3.63, 3.8) is 0 Å². The number of amides is 1. The molecule has 3 rings (SSSR count). The number of aromatic nitrogens is 2. The van der Waals surface area contributed by atoms with Crippen molar-refractivity contribution in [3.8, 4) is 0 Å². The van der Waals surface area contributed by atoms with Crippen LogP contribution in [-0.4, -0.2) is 15.7 Å². The zero-order valence-electron chi connectivity index (χ0n) is 11.7. The second-order valence-corrected chi connectivity index (χ2v) is 5.41. The average molecular weight is 269 g/mol. The summed E-state index contributed by atoms with van der Waals surface area (Å²) in [5, 5.41) is 6.97. The molecule has 0 aliphatic heterocycles. The van der Waals surface area contributed by atoms with Crippen molar-refractivity contribution < 1.29 is 4.79 Å². The SMILES string of the molecule is Cn1ccc(NC(=O)Cc2ccc3c(c2)CCCC3)n1. The maximum Gasteiger partial charge on any atom is 0.229 e. The lowest BCUT2D eigenvalue weighted by Gasteiger charge is -2.16. The molecule has 0 spiro atoms. The topological polar surface area (TPSA) is 46.9 Å². The summed E-state index contributed by atoms with van der Waals surface area (Å²) in [4.78, 5) is 12.0. The molecular formula is C16H19N3O. The third-order valence-electron chi connectivity index (χ3n) is 3.76. The molecular weight excluding hydrogens is 250 g/mol. The highest BCUT2D eigenvalue weighted by Crippen LogP contribution is 2.22. The molecule has 0 saturated carbocycles. The number of carbonyl (C=O) groups excluding carboxylic acids is 1. The highest BCUT2D eigenvalue weighted by Gasteiger charge is 2.11. The van der Waals surface area contributed by atoms with Crippen LogP contribution in [0.3, 0.4) is 0 Å². The van der Waals surface area contributed by atoms with Crippen LogP contribution in [0, 0.1) is 0 Å². The van der Waals surface area contributed by atoms with E-state index >= 15 is 0 Å². The Labute approximate surface area is 118 Å². The number of carbonyl (C=O) groups is 1. The second-order valence-electron chi connectivity index (χ2n) is 5.41. The number of benzene rings is 1. The normalized spacial score (nSPS) is 13.8. The molecule has 104 valence electrons. The van der Waals surface area contributed by atoms with Gasteiger partial charge in [0, 0.05) is 19.3 Å². The lowest BCUT2D eigenvalue weighted by Crippen LogP contribution is -2.15.